The smallest absolute Gasteiger partial charge is 0.291 e. The van der Waals surface area contributed by atoms with Gasteiger partial charge in [0, 0.05) is 23.6 Å². The Kier molecular flexibility index (Phi) is 5.75. The molecule has 0 spiro atoms. The summed E-state index contributed by atoms with van der Waals surface area (Å²) in [6.45, 7) is 2.27. The first kappa shape index (κ1) is 19.6. The zero-order valence-electron chi connectivity index (χ0n) is 15.3. The normalized spacial score (nSPS) is 10.8. The van der Waals surface area contributed by atoms with Crippen molar-refractivity contribution in [3.63, 3.8) is 0 Å². The van der Waals surface area contributed by atoms with Gasteiger partial charge >= 0.3 is 0 Å². The summed E-state index contributed by atoms with van der Waals surface area (Å²) in [4.78, 5) is 27.2. The van der Waals surface area contributed by atoms with Crippen LogP contribution in [0.4, 0.5) is 0 Å². The maximum Gasteiger partial charge on any atom is 0.291 e. The maximum absolute atomic E-state index is 12.5. The predicted octanol–water partition coefficient (Wildman–Crippen LogP) is 3.02. The number of hydrogen-bond acceptors (Lipinski definition) is 4. The SMILES string of the molecule is CCCC(=N)n1c(=N)c(=O)[nH]c2cc(C(=O)NCc3ccc(Cl)cc3)ccc21. The Hall–Kier alpha value is -3.19. The van der Waals surface area contributed by atoms with Crippen LogP contribution in [-0.4, -0.2) is 21.3 Å². The zero-order valence-corrected chi connectivity index (χ0v) is 16.1. The number of nitrogens with zero attached hydrogens (tertiary/aromatic N) is 1. The molecule has 0 radical (unpaired) electrons. The number of amides is 1. The van der Waals surface area contributed by atoms with Gasteiger partial charge in [0.25, 0.3) is 11.5 Å². The van der Waals surface area contributed by atoms with Gasteiger partial charge in [0.2, 0.25) is 0 Å². The van der Waals surface area contributed by atoms with Crippen molar-refractivity contribution < 1.29 is 4.79 Å². The van der Waals surface area contributed by atoms with Crippen LogP contribution in [0.15, 0.2) is 47.3 Å². The average Bonchev–Trinajstić information content (AvgIpc) is 2.68. The summed E-state index contributed by atoms with van der Waals surface area (Å²) in [7, 11) is 0. The summed E-state index contributed by atoms with van der Waals surface area (Å²) >= 11 is 5.86. The molecule has 8 heteroatoms. The van der Waals surface area contributed by atoms with Crippen molar-refractivity contribution in [1.29, 1.82) is 10.8 Å². The molecule has 0 unspecified atom stereocenters. The number of halogens is 1. The minimum Gasteiger partial charge on any atom is -0.348 e. The Bertz CT molecular complexity index is 1160. The first-order valence-electron chi connectivity index (χ1n) is 8.85. The molecule has 28 heavy (non-hydrogen) atoms. The van der Waals surface area contributed by atoms with Gasteiger partial charge in [-0.2, -0.15) is 0 Å². The third-order valence-corrected chi connectivity index (χ3v) is 4.56. The molecule has 0 fully saturated rings. The summed E-state index contributed by atoms with van der Waals surface area (Å²) in [6, 6.07) is 12.0. The van der Waals surface area contributed by atoms with E-state index in [4.69, 9.17) is 22.4 Å². The Balaban J connectivity index is 1.91. The van der Waals surface area contributed by atoms with Crippen LogP contribution in [0.3, 0.4) is 0 Å². The molecule has 7 nitrogen and oxygen atoms in total. The second-order valence-corrected chi connectivity index (χ2v) is 6.81. The molecule has 0 aliphatic heterocycles. The van der Waals surface area contributed by atoms with Gasteiger partial charge in [-0.05, 0) is 42.3 Å². The van der Waals surface area contributed by atoms with Gasteiger partial charge < -0.3 is 10.3 Å². The van der Waals surface area contributed by atoms with Crippen molar-refractivity contribution in [2.24, 2.45) is 0 Å². The number of H-pyrrole nitrogens is 1. The lowest BCUT2D eigenvalue weighted by Gasteiger charge is -2.12. The molecule has 1 amide bonds. The van der Waals surface area contributed by atoms with Crippen LogP contribution >= 0.6 is 11.6 Å². The lowest BCUT2D eigenvalue weighted by molar-refractivity contribution is 0.0951. The topological polar surface area (TPSA) is 115 Å². The van der Waals surface area contributed by atoms with E-state index in [0.29, 0.717) is 34.6 Å². The standard InChI is InChI=1S/C20H20ClN5O2/c1-2-3-17(22)26-16-9-6-13(10-15(16)25-20(28)18(26)23)19(27)24-11-12-4-7-14(21)8-5-12/h4-10,22-23H,2-3,11H2,1H3,(H,24,27)(H,25,28). The van der Waals surface area contributed by atoms with Crippen molar-refractivity contribution in [2.45, 2.75) is 26.3 Å². The number of benzene rings is 2. The molecule has 0 atom stereocenters. The highest BCUT2D eigenvalue weighted by molar-refractivity contribution is 6.30. The van der Waals surface area contributed by atoms with Crippen LogP contribution in [0.5, 0.6) is 0 Å². The number of aromatic amines is 1. The lowest BCUT2D eigenvalue weighted by atomic mass is 10.1. The largest absolute Gasteiger partial charge is 0.348 e. The van der Waals surface area contributed by atoms with E-state index in [0.717, 1.165) is 12.0 Å². The highest BCUT2D eigenvalue weighted by Gasteiger charge is 2.12. The van der Waals surface area contributed by atoms with Crippen LogP contribution in [0.2, 0.25) is 5.02 Å². The minimum absolute atomic E-state index is 0.170. The molecular weight excluding hydrogens is 378 g/mol. The number of aromatic nitrogens is 2. The molecule has 0 aliphatic carbocycles. The summed E-state index contributed by atoms with van der Waals surface area (Å²) in [5.74, 6) is -0.119. The summed E-state index contributed by atoms with van der Waals surface area (Å²) in [5, 5.41) is 19.6. The van der Waals surface area contributed by atoms with Crippen molar-refractivity contribution in [3.8, 4) is 0 Å². The second-order valence-electron chi connectivity index (χ2n) is 6.38. The first-order chi connectivity index (χ1) is 13.4. The van der Waals surface area contributed by atoms with Gasteiger partial charge in [0.1, 0.15) is 5.84 Å². The molecule has 4 N–H and O–H groups in total. The third-order valence-electron chi connectivity index (χ3n) is 4.31. The summed E-state index contributed by atoms with van der Waals surface area (Å²) < 4.78 is 1.31. The molecule has 0 bridgehead atoms. The van der Waals surface area contributed by atoms with Gasteiger partial charge in [0.05, 0.1) is 11.0 Å². The van der Waals surface area contributed by atoms with Crippen LogP contribution in [-0.2, 0) is 6.54 Å². The minimum atomic E-state index is -0.605. The molecule has 0 aliphatic rings. The molecule has 3 aromatic rings. The Morgan fingerprint density at radius 1 is 1.21 bits per heavy atom. The first-order valence-corrected chi connectivity index (χ1v) is 9.22. The van der Waals surface area contributed by atoms with Gasteiger partial charge in [-0.15, -0.1) is 0 Å². The molecule has 0 saturated heterocycles. The van der Waals surface area contributed by atoms with Crippen molar-refractivity contribution in [3.05, 3.63) is 74.5 Å². The van der Waals surface area contributed by atoms with Gasteiger partial charge in [-0.25, -0.2) is 0 Å². The number of hydrogen-bond donors (Lipinski definition) is 4. The lowest BCUT2D eigenvalue weighted by Crippen LogP contribution is -2.39. The van der Waals surface area contributed by atoms with Crippen LogP contribution in [0, 0.1) is 10.8 Å². The number of nitrogens with one attached hydrogen (secondary N) is 4. The summed E-state index contributed by atoms with van der Waals surface area (Å²) in [6.07, 6.45) is 1.17. The molecule has 1 aromatic heterocycles. The molecular formula is C20H20ClN5O2. The van der Waals surface area contributed by atoms with Gasteiger partial charge in [0.15, 0.2) is 5.49 Å². The molecule has 3 rings (SSSR count). The molecule has 2 aromatic carbocycles. The molecule has 1 heterocycles. The van der Waals surface area contributed by atoms with Gasteiger partial charge in [-0.3, -0.25) is 25.0 Å². The van der Waals surface area contributed by atoms with E-state index >= 15 is 0 Å². The second kappa shape index (κ2) is 8.22. The quantitative estimate of drug-likeness (QED) is 0.391. The highest BCUT2D eigenvalue weighted by Crippen LogP contribution is 2.13. The van der Waals surface area contributed by atoms with Crippen molar-refractivity contribution in [2.75, 3.05) is 0 Å². The Morgan fingerprint density at radius 3 is 2.61 bits per heavy atom. The van der Waals surface area contributed by atoms with E-state index in [-0.39, 0.29) is 17.2 Å². The number of carbonyl (C=O) groups excluding carboxylic acids is 1. The fraction of sp³-hybridized carbons (Fsp3) is 0.200. The Labute approximate surface area is 166 Å². The average molecular weight is 398 g/mol. The highest BCUT2D eigenvalue weighted by atomic mass is 35.5. The van der Waals surface area contributed by atoms with E-state index < -0.39 is 5.56 Å². The van der Waals surface area contributed by atoms with Crippen molar-refractivity contribution in [1.82, 2.24) is 14.9 Å². The van der Waals surface area contributed by atoms with E-state index in [1.807, 2.05) is 19.1 Å². The van der Waals surface area contributed by atoms with Gasteiger partial charge in [-0.1, -0.05) is 30.7 Å². The zero-order chi connectivity index (χ0) is 20.3. The monoisotopic (exact) mass is 397 g/mol. The van der Waals surface area contributed by atoms with Crippen molar-refractivity contribution >= 4 is 34.4 Å². The summed E-state index contributed by atoms with van der Waals surface area (Å²) in [5.41, 5.74) is 1.30. The third kappa shape index (κ3) is 4.04. The van der Waals surface area contributed by atoms with E-state index in [1.165, 1.54) is 4.57 Å². The van der Waals surface area contributed by atoms with E-state index in [9.17, 15) is 9.59 Å². The molecule has 0 saturated carbocycles. The van der Waals surface area contributed by atoms with E-state index in [2.05, 4.69) is 10.3 Å². The van der Waals surface area contributed by atoms with Crippen LogP contribution < -0.4 is 16.4 Å². The Morgan fingerprint density at radius 2 is 1.93 bits per heavy atom. The maximum atomic E-state index is 12.5. The fourth-order valence-corrected chi connectivity index (χ4v) is 3.02. The predicted molar refractivity (Wildman–Crippen MR) is 109 cm³/mol. The number of carbonyl (C=O) groups is 1. The molecule has 144 valence electrons. The van der Waals surface area contributed by atoms with Crippen LogP contribution in [0.1, 0.15) is 35.7 Å². The van der Waals surface area contributed by atoms with E-state index in [1.54, 1.807) is 30.3 Å². The fourth-order valence-electron chi connectivity index (χ4n) is 2.89. The number of fused-ring (bicyclic) bond motifs is 1. The van der Waals surface area contributed by atoms with Crippen LogP contribution in [0.25, 0.3) is 11.0 Å². The number of rotatable bonds is 5.